The lowest BCUT2D eigenvalue weighted by Gasteiger charge is -2.20. The molecule has 5 nitrogen and oxygen atoms in total. The molecule has 3 N–H and O–H groups in total. The lowest BCUT2D eigenvalue weighted by atomic mass is 10.1. The van der Waals surface area contributed by atoms with Gasteiger partial charge in [0.15, 0.2) is 0 Å². The Kier molecular flexibility index (Phi) is 5.37. The van der Waals surface area contributed by atoms with Crippen molar-refractivity contribution in [2.45, 2.75) is 32.7 Å². The highest BCUT2D eigenvalue weighted by atomic mass is 16.4. The number of carbonyl (C=O) groups is 2. The van der Waals surface area contributed by atoms with Crippen molar-refractivity contribution in [3.05, 3.63) is 0 Å². The Morgan fingerprint density at radius 2 is 2.06 bits per heavy atom. The van der Waals surface area contributed by atoms with Crippen LogP contribution in [0.5, 0.6) is 0 Å². The summed E-state index contributed by atoms with van der Waals surface area (Å²) in [5, 5.41) is 13.8. The highest BCUT2D eigenvalue weighted by molar-refractivity contribution is 5.76. The molecule has 0 fully saturated rings. The first kappa shape index (κ1) is 14.3. The fourth-order valence-corrected chi connectivity index (χ4v) is 0.986. The second-order valence-electron chi connectivity index (χ2n) is 4.05. The lowest BCUT2D eigenvalue weighted by Crippen LogP contribution is -2.48. The molecule has 0 aromatic carbocycles. The van der Waals surface area contributed by atoms with Crippen LogP contribution in [0.3, 0.4) is 0 Å². The molecular weight excluding hydrogens is 208 g/mol. The summed E-state index contributed by atoms with van der Waals surface area (Å²) < 4.78 is 0. The van der Waals surface area contributed by atoms with Crippen LogP contribution in [-0.4, -0.2) is 29.2 Å². The molecule has 1 atom stereocenters. The van der Waals surface area contributed by atoms with E-state index < -0.39 is 23.5 Å². The van der Waals surface area contributed by atoms with E-state index in [0.717, 1.165) is 0 Å². The summed E-state index contributed by atoms with van der Waals surface area (Å²) in [6.07, 6.45) is 5.66. The number of aliphatic carboxylic acids is 1. The molecule has 0 saturated heterocycles. The van der Waals surface area contributed by atoms with Gasteiger partial charge in [0.2, 0.25) is 0 Å². The summed E-state index contributed by atoms with van der Waals surface area (Å²) >= 11 is 0. The van der Waals surface area contributed by atoms with Crippen LogP contribution in [0, 0.1) is 18.3 Å². The van der Waals surface area contributed by atoms with Gasteiger partial charge >= 0.3 is 12.0 Å². The molecule has 0 spiro atoms. The third-order valence-electron chi connectivity index (χ3n) is 2.14. The van der Waals surface area contributed by atoms with Crippen molar-refractivity contribution in [3.8, 4) is 12.3 Å². The van der Waals surface area contributed by atoms with Gasteiger partial charge in [0.25, 0.3) is 0 Å². The first-order valence-electron chi connectivity index (χ1n) is 5.09. The van der Waals surface area contributed by atoms with E-state index in [4.69, 9.17) is 11.5 Å². The number of carboxylic acid groups (broad SMARTS) is 1. The van der Waals surface area contributed by atoms with E-state index >= 15 is 0 Å². The molecule has 90 valence electrons. The highest BCUT2D eigenvalue weighted by Gasteiger charge is 2.19. The molecule has 0 aromatic rings. The zero-order valence-corrected chi connectivity index (χ0v) is 9.83. The van der Waals surface area contributed by atoms with Crippen molar-refractivity contribution in [1.82, 2.24) is 10.6 Å². The van der Waals surface area contributed by atoms with E-state index in [-0.39, 0.29) is 6.54 Å². The van der Waals surface area contributed by atoms with Gasteiger partial charge in [-0.3, -0.25) is 4.79 Å². The van der Waals surface area contributed by atoms with Crippen LogP contribution in [0.4, 0.5) is 4.79 Å². The van der Waals surface area contributed by atoms with E-state index in [0.29, 0.717) is 6.42 Å². The number of hydrogen-bond acceptors (Lipinski definition) is 2. The van der Waals surface area contributed by atoms with Gasteiger partial charge in [-0.2, -0.15) is 0 Å². The second-order valence-corrected chi connectivity index (χ2v) is 4.05. The van der Waals surface area contributed by atoms with Gasteiger partial charge in [0.05, 0.1) is 11.5 Å². The Bertz CT molecular complexity index is 305. The average molecular weight is 226 g/mol. The SMILES string of the molecule is C#CC(C)(C)NC(=O)NCC(CC)C(=O)O. The molecule has 16 heavy (non-hydrogen) atoms. The van der Waals surface area contributed by atoms with E-state index in [1.807, 2.05) is 0 Å². The Balaban J connectivity index is 4.09. The topological polar surface area (TPSA) is 78.4 Å². The minimum Gasteiger partial charge on any atom is -0.481 e. The average Bonchev–Trinajstić information content (AvgIpc) is 2.17. The molecule has 5 heteroatoms. The highest BCUT2D eigenvalue weighted by Crippen LogP contribution is 2.01. The van der Waals surface area contributed by atoms with Gasteiger partial charge < -0.3 is 15.7 Å². The molecule has 1 unspecified atom stereocenters. The van der Waals surface area contributed by atoms with Gasteiger partial charge in [0.1, 0.15) is 0 Å². The first-order valence-corrected chi connectivity index (χ1v) is 5.09. The third kappa shape index (κ3) is 5.25. The van der Waals surface area contributed by atoms with Gasteiger partial charge in [-0.25, -0.2) is 4.79 Å². The van der Waals surface area contributed by atoms with E-state index in [1.165, 1.54) is 0 Å². The van der Waals surface area contributed by atoms with E-state index in [1.54, 1.807) is 20.8 Å². The summed E-state index contributed by atoms with van der Waals surface area (Å²) in [6.45, 7) is 5.21. The van der Waals surface area contributed by atoms with Gasteiger partial charge in [-0.1, -0.05) is 12.8 Å². The number of hydrogen-bond donors (Lipinski definition) is 3. The van der Waals surface area contributed by atoms with Gasteiger partial charge in [0, 0.05) is 6.54 Å². The maximum absolute atomic E-state index is 11.3. The molecule has 0 bridgehead atoms. The summed E-state index contributed by atoms with van der Waals surface area (Å²) in [5.74, 6) is 0.921. The van der Waals surface area contributed by atoms with Crippen LogP contribution in [0.1, 0.15) is 27.2 Å². The Morgan fingerprint density at radius 3 is 2.44 bits per heavy atom. The molecule has 0 aromatic heterocycles. The maximum Gasteiger partial charge on any atom is 0.315 e. The van der Waals surface area contributed by atoms with E-state index in [2.05, 4.69) is 16.6 Å². The molecule has 0 aliphatic rings. The number of terminal acetylenes is 1. The summed E-state index contributed by atoms with van der Waals surface area (Å²) in [7, 11) is 0. The normalized spacial score (nSPS) is 12.4. The standard InChI is InChI=1S/C11H18N2O3/c1-5-8(9(14)15)7-12-10(16)13-11(3,4)6-2/h2,8H,5,7H2,1,3-4H3,(H,14,15)(H2,12,13,16). The quantitative estimate of drug-likeness (QED) is 0.607. The predicted octanol–water partition coefficient (Wildman–Crippen LogP) is 0.808. The molecule has 0 saturated carbocycles. The molecule has 0 aliphatic carbocycles. The van der Waals surface area contributed by atoms with Crippen molar-refractivity contribution in [2.24, 2.45) is 5.92 Å². The zero-order chi connectivity index (χ0) is 12.8. The molecule has 0 radical (unpaired) electrons. The molecule has 0 heterocycles. The fourth-order valence-electron chi connectivity index (χ4n) is 0.986. The number of rotatable bonds is 5. The van der Waals surface area contributed by atoms with Crippen LogP contribution < -0.4 is 10.6 Å². The molecule has 2 amide bonds. The number of nitrogens with one attached hydrogen (secondary N) is 2. The summed E-state index contributed by atoms with van der Waals surface area (Å²) in [6, 6.07) is -0.456. The third-order valence-corrected chi connectivity index (χ3v) is 2.14. The predicted molar refractivity (Wildman–Crippen MR) is 60.9 cm³/mol. The monoisotopic (exact) mass is 226 g/mol. The molecular formula is C11H18N2O3. The second kappa shape index (κ2) is 6.01. The Hall–Kier alpha value is -1.70. The summed E-state index contributed by atoms with van der Waals surface area (Å²) in [5.41, 5.74) is -0.741. The van der Waals surface area contributed by atoms with Crippen molar-refractivity contribution in [3.63, 3.8) is 0 Å². The van der Waals surface area contributed by atoms with Crippen molar-refractivity contribution in [2.75, 3.05) is 6.54 Å². The van der Waals surface area contributed by atoms with Crippen LogP contribution in [0.25, 0.3) is 0 Å². The Morgan fingerprint density at radius 1 is 1.50 bits per heavy atom. The lowest BCUT2D eigenvalue weighted by molar-refractivity contribution is -0.141. The largest absolute Gasteiger partial charge is 0.481 e. The molecule has 0 rings (SSSR count). The maximum atomic E-state index is 11.3. The van der Waals surface area contributed by atoms with Gasteiger partial charge in [-0.05, 0) is 20.3 Å². The van der Waals surface area contributed by atoms with E-state index in [9.17, 15) is 9.59 Å². The first-order chi connectivity index (χ1) is 7.32. The van der Waals surface area contributed by atoms with Crippen LogP contribution in [0.15, 0.2) is 0 Å². The Labute approximate surface area is 95.6 Å². The van der Waals surface area contributed by atoms with Crippen LogP contribution >= 0.6 is 0 Å². The van der Waals surface area contributed by atoms with Crippen LogP contribution in [0.2, 0.25) is 0 Å². The fraction of sp³-hybridized carbons (Fsp3) is 0.636. The molecule has 0 aliphatic heterocycles. The minimum atomic E-state index is -0.918. The minimum absolute atomic E-state index is 0.0956. The summed E-state index contributed by atoms with van der Waals surface area (Å²) in [4.78, 5) is 22.0. The zero-order valence-electron chi connectivity index (χ0n) is 9.83. The van der Waals surface area contributed by atoms with Crippen LogP contribution in [-0.2, 0) is 4.79 Å². The number of carbonyl (C=O) groups excluding carboxylic acids is 1. The number of amides is 2. The number of carboxylic acids is 1. The van der Waals surface area contributed by atoms with Crippen molar-refractivity contribution < 1.29 is 14.7 Å². The smallest absolute Gasteiger partial charge is 0.315 e. The number of urea groups is 1. The van der Waals surface area contributed by atoms with Crippen molar-refractivity contribution in [1.29, 1.82) is 0 Å². The van der Waals surface area contributed by atoms with Crippen molar-refractivity contribution >= 4 is 12.0 Å². The van der Waals surface area contributed by atoms with Gasteiger partial charge in [-0.15, -0.1) is 6.42 Å².